The molecule has 0 saturated heterocycles. The van der Waals surface area contributed by atoms with Crippen molar-refractivity contribution in [3.8, 4) is 5.69 Å². The standard InChI is InChI=1S/C15H17N5/c1-3-14-18-15(4-2)20(19-14)13-6-5-12(16)10-7-8-17-9-11(10)13/h5-9H,3-4,16H2,1-2H3. The van der Waals surface area contributed by atoms with E-state index in [2.05, 4.69) is 28.9 Å². The molecule has 0 aliphatic heterocycles. The summed E-state index contributed by atoms with van der Waals surface area (Å²) in [5.74, 6) is 1.81. The van der Waals surface area contributed by atoms with Crippen molar-refractivity contribution in [2.45, 2.75) is 26.7 Å². The predicted molar refractivity (Wildman–Crippen MR) is 79.8 cm³/mol. The second-order valence-electron chi connectivity index (χ2n) is 4.66. The number of fused-ring (bicyclic) bond motifs is 1. The monoisotopic (exact) mass is 267 g/mol. The van der Waals surface area contributed by atoms with Crippen molar-refractivity contribution >= 4 is 16.5 Å². The van der Waals surface area contributed by atoms with E-state index in [0.717, 1.165) is 46.6 Å². The molecule has 0 aliphatic carbocycles. The van der Waals surface area contributed by atoms with Gasteiger partial charge >= 0.3 is 0 Å². The number of hydrogen-bond donors (Lipinski definition) is 1. The molecule has 3 aromatic rings. The van der Waals surface area contributed by atoms with Gasteiger partial charge in [-0.3, -0.25) is 4.98 Å². The molecule has 20 heavy (non-hydrogen) atoms. The van der Waals surface area contributed by atoms with Crippen LogP contribution in [0.15, 0.2) is 30.6 Å². The molecule has 0 aliphatic rings. The van der Waals surface area contributed by atoms with Gasteiger partial charge in [-0.15, -0.1) is 0 Å². The number of hydrogen-bond acceptors (Lipinski definition) is 4. The number of pyridine rings is 1. The molecule has 2 aromatic heterocycles. The molecule has 0 fully saturated rings. The van der Waals surface area contributed by atoms with Gasteiger partial charge in [-0.25, -0.2) is 9.67 Å². The Kier molecular flexibility index (Phi) is 3.10. The van der Waals surface area contributed by atoms with Gasteiger partial charge < -0.3 is 5.73 Å². The first-order valence-corrected chi connectivity index (χ1v) is 6.82. The van der Waals surface area contributed by atoms with Crippen molar-refractivity contribution < 1.29 is 0 Å². The molecule has 102 valence electrons. The van der Waals surface area contributed by atoms with Crippen molar-refractivity contribution in [3.05, 3.63) is 42.2 Å². The third kappa shape index (κ3) is 1.91. The molecule has 2 heterocycles. The van der Waals surface area contributed by atoms with Crippen molar-refractivity contribution in [1.82, 2.24) is 19.7 Å². The Balaban J connectivity index is 2.30. The highest BCUT2D eigenvalue weighted by Crippen LogP contribution is 2.26. The molecule has 1 aromatic carbocycles. The summed E-state index contributed by atoms with van der Waals surface area (Å²) in [6.07, 6.45) is 5.24. The topological polar surface area (TPSA) is 69.6 Å². The number of nitrogens with zero attached hydrogens (tertiary/aromatic N) is 4. The molecule has 0 saturated carbocycles. The third-order valence-electron chi connectivity index (χ3n) is 3.41. The van der Waals surface area contributed by atoms with E-state index in [1.165, 1.54) is 0 Å². The summed E-state index contributed by atoms with van der Waals surface area (Å²) >= 11 is 0. The van der Waals surface area contributed by atoms with E-state index in [-0.39, 0.29) is 0 Å². The first-order chi connectivity index (χ1) is 9.74. The van der Waals surface area contributed by atoms with Gasteiger partial charge in [0, 0.05) is 41.7 Å². The number of rotatable bonds is 3. The van der Waals surface area contributed by atoms with Gasteiger partial charge in [0.1, 0.15) is 5.82 Å². The summed E-state index contributed by atoms with van der Waals surface area (Å²) in [4.78, 5) is 8.76. The van der Waals surface area contributed by atoms with Crippen LogP contribution in [0.3, 0.4) is 0 Å². The van der Waals surface area contributed by atoms with E-state index in [0.29, 0.717) is 0 Å². The molecule has 5 nitrogen and oxygen atoms in total. The quantitative estimate of drug-likeness (QED) is 0.740. The highest BCUT2D eigenvalue weighted by atomic mass is 15.3. The fourth-order valence-electron chi connectivity index (χ4n) is 2.35. The molecule has 0 atom stereocenters. The van der Waals surface area contributed by atoms with E-state index >= 15 is 0 Å². The van der Waals surface area contributed by atoms with Crippen molar-refractivity contribution in [2.75, 3.05) is 5.73 Å². The molecule has 0 spiro atoms. The van der Waals surface area contributed by atoms with Gasteiger partial charge in [0.15, 0.2) is 5.82 Å². The zero-order valence-electron chi connectivity index (χ0n) is 11.7. The van der Waals surface area contributed by atoms with E-state index in [9.17, 15) is 0 Å². The average Bonchev–Trinajstić information content (AvgIpc) is 2.91. The average molecular weight is 267 g/mol. The Labute approximate surface area is 117 Å². The lowest BCUT2D eigenvalue weighted by Crippen LogP contribution is -2.04. The van der Waals surface area contributed by atoms with Crippen LogP contribution in [-0.2, 0) is 12.8 Å². The lowest BCUT2D eigenvalue weighted by molar-refractivity contribution is 0.796. The van der Waals surface area contributed by atoms with Gasteiger partial charge in [-0.2, -0.15) is 5.10 Å². The first kappa shape index (κ1) is 12.6. The summed E-state index contributed by atoms with van der Waals surface area (Å²) in [6.45, 7) is 4.14. The Morgan fingerprint density at radius 3 is 2.70 bits per heavy atom. The maximum absolute atomic E-state index is 6.03. The van der Waals surface area contributed by atoms with E-state index in [1.807, 2.05) is 29.1 Å². The zero-order chi connectivity index (χ0) is 14.1. The number of nitrogen functional groups attached to an aromatic ring is 1. The van der Waals surface area contributed by atoms with Crippen molar-refractivity contribution in [3.63, 3.8) is 0 Å². The minimum atomic E-state index is 0.750. The molecular weight excluding hydrogens is 250 g/mol. The molecule has 5 heteroatoms. The van der Waals surface area contributed by atoms with Gasteiger partial charge in [0.05, 0.1) is 5.69 Å². The van der Waals surface area contributed by atoms with E-state index in [1.54, 1.807) is 6.20 Å². The normalized spacial score (nSPS) is 11.1. The third-order valence-corrected chi connectivity index (χ3v) is 3.41. The van der Waals surface area contributed by atoms with Crippen LogP contribution in [0.5, 0.6) is 0 Å². The summed E-state index contributed by atoms with van der Waals surface area (Å²) in [7, 11) is 0. The van der Waals surface area contributed by atoms with Crippen LogP contribution in [0.4, 0.5) is 5.69 Å². The molecule has 0 unspecified atom stereocenters. The van der Waals surface area contributed by atoms with Gasteiger partial charge in [-0.1, -0.05) is 13.8 Å². The Hall–Kier alpha value is -2.43. The van der Waals surface area contributed by atoms with Gasteiger partial charge in [0.25, 0.3) is 0 Å². The molecule has 3 rings (SSSR count). The fourth-order valence-corrected chi connectivity index (χ4v) is 2.35. The minimum absolute atomic E-state index is 0.750. The summed E-state index contributed by atoms with van der Waals surface area (Å²) < 4.78 is 1.91. The maximum atomic E-state index is 6.03. The number of benzene rings is 1. The van der Waals surface area contributed by atoms with Crippen LogP contribution < -0.4 is 5.73 Å². The maximum Gasteiger partial charge on any atom is 0.151 e. The SMILES string of the molecule is CCc1nc(CC)n(-c2ccc(N)c3ccncc23)n1. The largest absolute Gasteiger partial charge is 0.398 e. The Morgan fingerprint density at radius 1 is 1.10 bits per heavy atom. The highest BCUT2D eigenvalue weighted by Gasteiger charge is 2.12. The fraction of sp³-hybridized carbons (Fsp3) is 0.267. The molecule has 2 N–H and O–H groups in total. The van der Waals surface area contributed by atoms with Crippen LogP contribution >= 0.6 is 0 Å². The summed E-state index contributed by atoms with van der Waals surface area (Å²) in [5.41, 5.74) is 7.76. The van der Waals surface area contributed by atoms with Crippen LogP contribution in [0.2, 0.25) is 0 Å². The highest BCUT2D eigenvalue weighted by molar-refractivity contribution is 5.97. The molecule has 0 amide bonds. The number of aromatic nitrogens is 4. The van der Waals surface area contributed by atoms with Gasteiger partial charge in [-0.05, 0) is 18.2 Å². The second-order valence-corrected chi connectivity index (χ2v) is 4.66. The summed E-state index contributed by atoms with van der Waals surface area (Å²) in [5, 5.41) is 6.58. The molecule has 0 radical (unpaired) electrons. The molecule has 0 bridgehead atoms. The van der Waals surface area contributed by atoms with Crippen LogP contribution in [0, 0.1) is 0 Å². The summed E-state index contributed by atoms with van der Waals surface area (Å²) in [6, 6.07) is 5.81. The smallest absolute Gasteiger partial charge is 0.151 e. The lowest BCUT2D eigenvalue weighted by atomic mass is 10.1. The van der Waals surface area contributed by atoms with Crippen molar-refractivity contribution in [1.29, 1.82) is 0 Å². The van der Waals surface area contributed by atoms with Crippen LogP contribution in [0.1, 0.15) is 25.5 Å². The Bertz CT molecular complexity index is 760. The number of aryl methyl sites for hydroxylation is 2. The molecular formula is C15H17N5. The van der Waals surface area contributed by atoms with E-state index < -0.39 is 0 Å². The second kappa shape index (κ2) is 4.92. The van der Waals surface area contributed by atoms with E-state index in [4.69, 9.17) is 5.73 Å². The lowest BCUT2D eigenvalue weighted by Gasteiger charge is -2.09. The van der Waals surface area contributed by atoms with Crippen LogP contribution in [0.25, 0.3) is 16.5 Å². The first-order valence-electron chi connectivity index (χ1n) is 6.82. The predicted octanol–water partition coefficient (Wildman–Crippen LogP) is 2.52. The Morgan fingerprint density at radius 2 is 1.95 bits per heavy atom. The van der Waals surface area contributed by atoms with Gasteiger partial charge in [0.2, 0.25) is 0 Å². The number of anilines is 1. The minimum Gasteiger partial charge on any atom is -0.398 e. The van der Waals surface area contributed by atoms with Crippen molar-refractivity contribution in [2.24, 2.45) is 0 Å². The zero-order valence-corrected chi connectivity index (χ0v) is 11.7. The van der Waals surface area contributed by atoms with Crippen LogP contribution in [-0.4, -0.2) is 19.7 Å². The number of nitrogens with two attached hydrogens (primary N) is 1.